The molecular formula is C15H24O. The van der Waals surface area contributed by atoms with Gasteiger partial charge in [-0.05, 0) is 43.6 Å². The van der Waals surface area contributed by atoms with E-state index in [1.165, 1.54) is 6.42 Å². The molecule has 1 saturated carbocycles. The van der Waals surface area contributed by atoms with Crippen LogP contribution in [0, 0.1) is 11.3 Å². The highest BCUT2D eigenvalue weighted by Gasteiger charge is 2.40. The first-order valence-corrected chi connectivity index (χ1v) is 6.43. The van der Waals surface area contributed by atoms with Crippen LogP contribution >= 0.6 is 0 Å². The van der Waals surface area contributed by atoms with Crippen molar-refractivity contribution in [2.45, 2.75) is 52.9 Å². The van der Waals surface area contributed by atoms with Gasteiger partial charge >= 0.3 is 0 Å². The summed E-state index contributed by atoms with van der Waals surface area (Å²) in [5, 5.41) is 0. The van der Waals surface area contributed by atoms with Crippen LogP contribution in [0.15, 0.2) is 24.3 Å². The van der Waals surface area contributed by atoms with Crippen LogP contribution < -0.4 is 0 Å². The molecule has 0 aromatic heterocycles. The standard InChI is InChI=1S/C15H24O/c1-5-7-10-13(16)14-12(3)9-8-11-15(14,4)6-2/h7,10,14H,3,5-6,8-9,11H2,1-2,4H3/b10-7+/t14-,15+/m0/s1. The topological polar surface area (TPSA) is 17.1 Å². The second-order valence-electron chi connectivity index (χ2n) is 5.17. The van der Waals surface area contributed by atoms with Crippen LogP contribution in [0.3, 0.4) is 0 Å². The van der Waals surface area contributed by atoms with Crippen molar-refractivity contribution in [3.05, 3.63) is 24.3 Å². The van der Waals surface area contributed by atoms with Crippen LogP contribution in [-0.2, 0) is 4.79 Å². The summed E-state index contributed by atoms with van der Waals surface area (Å²) in [6, 6.07) is 0. The van der Waals surface area contributed by atoms with Gasteiger partial charge < -0.3 is 0 Å². The summed E-state index contributed by atoms with van der Waals surface area (Å²) in [5.41, 5.74) is 1.27. The first-order valence-electron chi connectivity index (χ1n) is 6.43. The summed E-state index contributed by atoms with van der Waals surface area (Å²) in [5.74, 6) is 0.310. The molecule has 2 atom stereocenters. The highest BCUT2D eigenvalue weighted by Crippen LogP contribution is 2.46. The third-order valence-corrected chi connectivity index (χ3v) is 3.96. The van der Waals surface area contributed by atoms with Gasteiger partial charge in [0, 0.05) is 5.92 Å². The Kier molecular flexibility index (Phi) is 4.52. The molecular weight excluding hydrogens is 196 g/mol. The zero-order chi connectivity index (χ0) is 12.2. The van der Waals surface area contributed by atoms with Gasteiger partial charge in [0.25, 0.3) is 0 Å². The number of rotatable bonds is 4. The summed E-state index contributed by atoms with van der Waals surface area (Å²) >= 11 is 0. The maximum atomic E-state index is 12.2. The number of allylic oxidation sites excluding steroid dienone is 3. The van der Waals surface area contributed by atoms with E-state index in [1.54, 1.807) is 6.08 Å². The van der Waals surface area contributed by atoms with Crippen molar-refractivity contribution >= 4 is 5.78 Å². The maximum Gasteiger partial charge on any atom is 0.163 e. The number of ketones is 1. The largest absolute Gasteiger partial charge is 0.294 e. The van der Waals surface area contributed by atoms with Crippen LogP contribution in [0.5, 0.6) is 0 Å². The van der Waals surface area contributed by atoms with E-state index < -0.39 is 0 Å². The lowest BCUT2D eigenvalue weighted by Crippen LogP contribution is -2.36. The minimum absolute atomic E-state index is 0.0500. The van der Waals surface area contributed by atoms with Gasteiger partial charge in [0.15, 0.2) is 5.78 Å². The Labute approximate surface area is 99.6 Å². The molecule has 1 heteroatoms. The lowest BCUT2D eigenvalue weighted by atomic mass is 9.62. The molecule has 0 heterocycles. The predicted molar refractivity (Wildman–Crippen MR) is 69.3 cm³/mol. The lowest BCUT2D eigenvalue weighted by molar-refractivity contribution is -0.121. The fraction of sp³-hybridized carbons (Fsp3) is 0.667. The average Bonchev–Trinajstić information content (AvgIpc) is 2.26. The van der Waals surface area contributed by atoms with Crippen molar-refractivity contribution in [3.8, 4) is 0 Å². The van der Waals surface area contributed by atoms with Gasteiger partial charge in [-0.1, -0.05) is 39.0 Å². The van der Waals surface area contributed by atoms with Gasteiger partial charge in [0.2, 0.25) is 0 Å². The van der Waals surface area contributed by atoms with Crippen molar-refractivity contribution in [1.29, 1.82) is 0 Å². The molecule has 1 aliphatic carbocycles. The molecule has 0 aliphatic heterocycles. The SMILES string of the molecule is C=C1CCC[C@@](C)(CC)[C@@H]1C(=O)/C=C/CC. The molecule has 90 valence electrons. The number of hydrogen-bond acceptors (Lipinski definition) is 1. The van der Waals surface area contributed by atoms with Crippen LogP contribution in [0.2, 0.25) is 0 Å². The quantitative estimate of drug-likeness (QED) is 0.510. The third-order valence-electron chi connectivity index (χ3n) is 3.96. The van der Waals surface area contributed by atoms with E-state index in [1.807, 2.05) is 6.08 Å². The molecule has 0 aromatic rings. The minimum Gasteiger partial charge on any atom is -0.294 e. The zero-order valence-corrected chi connectivity index (χ0v) is 10.9. The normalized spacial score (nSPS) is 30.9. The van der Waals surface area contributed by atoms with E-state index in [9.17, 15) is 4.79 Å². The molecule has 0 radical (unpaired) electrons. The van der Waals surface area contributed by atoms with Gasteiger partial charge in [0.05, 0.1) is 0 Å². The number of carbonyl (C=O) groups is 1. The van der Waals surface area contributed by atoms with Crippen molar-refractivity contribution in [3.63, 3.8) is 0 Å². The summed E-state index contributed by atoms with van der Waals surface area (Å²) in [6.45, 7) is 10.6. The minimum atomic E-state index is 0.0500. The van der Waals surface area contributed by atoms with Crippen molar-refractivity contribution < 1.29 is 4.79 Å². The van der Waals surface area contributed by atoms with Crippen LogP contribution in [-0.4, -0.2) is 5.78 Å². The van der Waals surface area contributed by atoms with Crippen molar-refractivity contribution in [2.24, 2.45) is 11.3 Å². The van der Waals surface area contributed by atoms with Gasteiger partial charge in [-0.2, -0.15) is 0 Å². The molecule has 16 heavy (non-hydrogen) atoms. The van der Waals surface area contributed by atoms with Crippen LogP contribution in [0.25, 0.3) is 0 Å². The first-order chi connectivity index (χ1) is 7.55. The smallest absolute Gasteiger partial charge is 0.163 e. The Balaban J connectivity index is 2.90. The van der Waals surface area contributed by atoms with Gasteiger partial charge in [-0.15, -0.1) is 0 Å². The molecule has 1 nitrogen and oxygen atoms in total. The molecule has 1 fully saturated rings. The average molecular weight is 220 g/mol. The number of carbonyl (C=O) groups excluding carboxylic acids is 1. The Hall–Kier alpha value is -0.850. The lowest BCUT2D eigenvalue weighted by Gasteiger charge is -2.41. The van der Waals surface area contributed by atoms with E-state index >= 15 is 0 Å². The summed E-state index contributed by atoms with van der Waals surface area (Å²) < 4.78 is 0. The predicted octanol–water partition coefficient (Wildman–Crippen LogP) is 4.29. The van der Waals surface area contributed by atoms with Crippen LogP contribution in [0.4, 0.5) is 0 Å². The Morgan fingerprint density at radius 1 is 1.56 bits per heavy atom. The second kappa shape index (κ2) is 5.47. The van der Waals surface area contributed by atoms with Crippen molar-refractivity contribution in [1.82, 2.24) is 0 Å². The Bertz CT molecular complexity index is 301. The van der Waals surface area contributed by atoms with Gasteiger partial charge in [-0.25, -0.2) is 0 Å². The third kappa shape index (κ3) is 2.63. The second-order valence-corrected chi connectivity index (χ2v) is 5.17. The molecule has 0 N–H and O–H groups in total. The summed E-state index contributed by atoms with van der Waals surface area (Å²) in [6.07, 6.45) is 9.06. The molecule has 0 saturated heterocycles. The number of hydrogen-bond donors (Lipinski definition) is 0. The fourth-order valence-electron chi connectivity index (χ4n) is 2.76. The monoisotopic (exact) mass is 220 g/mol. The molecule has 0 unspecified atom stereocenters. The molecule has 0 spiro atoms. The Morgan fingerprint density at radius 2 is 2.25 bits per heavy atom. The highest BCUT2D eigenvalue weighted by atomic mass is 16.1. The molecule has 0 amide bonds. The van der Waals surface area contributed by atoms with Gasteiger partial charge in [0.1, 0.15) is 0 Å². The zero-order valence-electron chi connectivity index (χ0n) is 10.9. The molecule has 0 aromatic carbocycles. The van der Waals surface area contributed by atoms with E-state index in [2.05, 4.69) is 27.4 Å². The molecule has 1 aliphatic rings. The van der Waals surface area contributed by atoms with E-state index in [0.29, 0.717) is 0 Å². The molecule has 0 bridgehead atoms. The van der Waals surface area contributed by atoms with Gasteiger partial charge in [-0.3, -0.25) is 4.79 Å². The summed E-state index contributed by atoms with van der Waals surface area (Å²) in [4.78, 5) is 12.2. The van der Waals surface area contributed by atoms with E-state index in [4.69, 9.17) is 0 Å². The fourth-order valence-corrected chi connectivity index (χ4v) is 2.76. The van der Waals surface area contributed by atoms with E-state index in [-0.39, 0.29) is 17.1 Å². The molecule has 1 rings (SSSR count). The highest BCUT2D eigenvalue weighted by molar-refractivity contribution is 5.94. The summed E-state index contributed by atoms with van der Waals surface area (Å²) in [7, 11) is 0. The van der Waals surface area contributed by atoms with Crippen LogP contribution in [0.1, 0.15) is 52.9 Å². The maximum absolute atomic E-state index is 12.2. The first kappa shape index (κ1) is 13.2. The van der Waals surface area contributed by atoms with E-state index in [0.717, 1.165) is 31.3 Å². The Morgan fingerprint density at radius 3 is 2.81 bits per heavy atom. The van der Waals surface area contributed by atoms with Crippen molar-refractivity contribution in [2.75, 3.05) is 0 Å².